The Kier molecular flexibility index (Phi) is 7.76. The zero-order chi connectivity index (χ0) is 23.1. The molecule has 3 aromatic carbocycles. The van der Waals surface area contributed by atoms with Crippen LogP contribution in [0.2, 0.25) is 0 Å². The molecule has 1 amide bonds. The number of hydrogen-bond acceptors (Lipinski definition) is 3. The average molecular weight is 476 g/mol. The molecule has 32 heavy (non-hydrogen) atoms. The number of rotatable bonds is 6. The van der Waals surface area contributed by atoms with E-state index in [0.717, 1.165) is 22.3 Å². The van der Waals surface area contributed by atoms with E-state index >= 15 is 0 Å². The fraction of sp³-hybridized carbons (Fsp3) is 0.130. The molecule has 0 aromatic heterocycles. The van der Waals surface area contributed by atoms with Crippen LogP contribution in [0.15, 0.2) is 83.8 Å². The number of halogens is 3. The Morgan fingerprint density at radius 2 is 1.50 bits per heavy atom. The third kappa shape index (κ3) is 6.73. The number of carbonyl (C=O) groups is 1. The molecule has 0 saturated heterocycles. The molecule has 3 rings (SSSR count). The standard InChI is InChI=1S/C23H20F3N3OS2/c1-15(21(30)29-20-13-6-5-12-19(20)23(24,25)26)32-18-11-7-10-17(14-18)28-22(31)27-16-8-3-2-4-9-16/h2-15H,1H3,(H,29,30)(H2,27,28,31). The van der Waals surface area contributed by atoms with Crippen molar-refractivity contribution in [2.24, 2.45) is 0 Å². The lowest BCUT2D eigenvalue weighted by molar-refractivity contribution is -0.137. The summed E-state index contributed by atoms with van der Waals surface area (Å²) in [5.74, 6) is -0.522. The summed E-state index contributed by atoms with van der Waals surface area (Å²) in [5, 5.41) is 8.32. The molecule has 0 heterocycles. The van der Waals surface area contributed by atoms with Crippen LogP contribution in [0.5, 0.6) is 0 Å². The Morgan fingerprint density at radius 1 is 0.875 bits per heavy atom. The number of anilines is 3. The minimum Gasteiger partial charge on any atom is -0.332 e. The predicted molar refractivity (Wildman–Crippen MR) is 128 cm³/mol. The fourth-order valence-corrected chi connectivity index (χ4v) is 3.96. The lowest BCUT2D eigenvalue weighted by atomic mass is 10.1. The van der Waals surface area contributed by atoms with E-state index in [1.165, 1.54) is 30.0 Å². The number of thiocarbonyl (C=S) groups is 1. The minimum absolute atomic E-state index is 0.259. The Balaban J connectivity index is 1.61. The summed E-state index contributed by atoms with van der Waals surface area (Å²) in [5.41, 5.74) is 0.430. The molecule has 0 aliphatic carbocycles. The summed E-state index contributed by atoms with van der Waals surface area (Å²) >= 11 is 6.55. The van der Waals surface area contributed by atoms with E-state index in [2.05, 4.69) is 16.0 Å². The molecule has 3 aromatic rings. The molecule has 9 heteroatoms. The van der Waals surface area contributed by atoms with Gasteiger partial charge in [-0.2, -0.15) is 13.2 Å². The molecule has 1 atom stereocenters. The first kappa shape index (κ1) is 23.6. The molecule has 1 unspecified atom stereocenters. The zero-order valence-electron chi connectivity index (χ0n) is 16.9. The SMILES string of the molecule is CC(Sc1cccc(NC(=S)Nc2ccccc2)c1)C(=O)Nc1ccccc1C(F)(F)F. The summed E-state index contributed by atoms with van der Waals surface area (Å²) < 4.78 is 39.5. The highest BCUT2D eigenvalue weighted by Crippen LogP contribution is 2.35. The fourth-order valence-electron chi connectivity index (χ4n) is 2.79. The maximum absolute atomic E-state index is 13.2. The Morgan fingerprint density at radius 3 is 2.22 bits per heavy atom. The average Bonchev–Trinajstić information content (AvgIpc) is 2.74. The first-order valence-corrected chi connectivity index (χ1v) is 10.9. The molecule has 0 aliphatic heterocycles. The van der Waals surface area contributed by atoms with Gasteiger partial charge in [0.15, 0.2) is 5.11 Å². The van der Waals surface area contributed by atoms with Crippen molar-refractivity contribution in [3.05, 3.63) is 84.4 Å². The van der Waals surface area contributed by atoms with Gasteiger partial charge in [-0.1, -0.05) is 36.4 Å². The van der Waals surface area contributed by atoms with E-state index in [1.54, 1.807) is 13.0 Å². The van der Waals surface area contributed by atoms with Gasteiger partial charge in [0.05, 0.1) is 16.5 Å². The van der Waals surface area contributed by atoms with Crippen LogP contribution in [0.3, 0.4) is 0 Å². The second-order valence-corrected chi connectivity index (χ2v) is 8.59. The predicted octanol–water partition coefficient (Wildman–Crippen LogP) is 6.63. The quantitative estimate of drug-likeness (QED) is 0.276. The molecule has 4 nitrogen and oxygen atoms in total. The van der Waals surface area contributed by atoms with Crippen molar-refractivity contribution in [1.29, 1.82) is 0 Å². The van der Waals surface area contributed by atoms with Crippen molar-refractivity contribution >= 4 is 52.1 Å². The van der Waals surface area contributed by atoms with Crippen LogP contribution in [-0.2, 0) is 11.0 Å². The van der Waals surface area contributed by atoms with Crippen molar-refractivity contribution < 1.29 is 18.0 Å². The van der Waals surface area contributed by atoms with Gasteiger partial charge in [0.1, 0.15) is 0 Å². The van der Waals surface area contributed by atoms with Crippen LogP contribution in [0.1, 0.15) is 12.5 Å². The van der Waals surface area contributed by atoms with Crippen molar-refractivity contribution in [3.63, 3.8) is 0 Å². The van der Waals surface area contributed by atoms with E-state index in [0.29, 0.717) is 5.11 Å². The van der Waals surface area contributed by atoms with Gasteiger partial charge in [-0.3, -0.25) is 4.79 Å². The van der Waals surface area contributed by atoms with Crippen LogP contribution in [0.25, 0.3) is 0 Å². The third-order valence-corrected chi connectivity index (χ3v) is 5.59. The van der Waals surface area contributed by atoms with Crippen molar-refractivity contribution in [3.8, 4) is 0 Å². The first-order chi connectivity index (χ1) is 15.2. The summed E-state index contributed by atoms with van der Waals surface area (Å²) in [4.78, 5) is 13.3. The molecule has 0 aliphatic rings. The smallest absolute Gasteiger partial charge is 0.332 e. The van der Waals surface area contributed by atoms with Crippen LogP contribution in [0, 0.1) is 0 Å². The number of para-hydroxylation sites is 2. The van der Waals surface area contributed by atoms with Gasteiger partial charge in [0.25, 0.3) is 0 Å². The number of amides is 1. The van der Waals surface area contributed by atoms with Gasteiger partial charge in [-0.25, -0.2) is 0 Å². The van der Waals surface area contributed by atoms with Gasteiger partial charge >= 0.3 is 6.18 Å². The normalized spacial score (nSPS) is 12.0. The van der Waals surface area contributed by atoms with Gasteiger partial charge in [-0.05, 0) is 61.6 Å². The van der Waals surface area contributed by atoms with E-state index in [1.807, 2.05) is 48.5 Å². The number of carbonyl (C=O) groups excluding carboxylic acids is 1. The maximum atomic E-state index is 13.2. The second kappa shape index (κ2) is 10.5. The molecule has 0 radical (unpaired) electrons. The van der Waals surface area contributed by atoms with Gasteiger partial charge < -0.3 is 16.0 Å². The molecule has 0 fully saturated rings. The summed E-state index contributed by atoms with van der Waals surface area (Å²) in [6.07, 6.45) is -4.55. The van der Waals surface area contributed by atoms with E-state index in [-0.39, 0.29) is 5.69 Å². The third-order valence-electron chi connectivity index (χ3n) is 4.30. The number of thioether (sulfide) groups is 1. The maximum Gasteiger partial charge on any atom is 0.418 e. The monoisotopic (exact) mass is 475 g/mol. The zero-order valence-corrected chi connectivity index (χ0v) is 18.6. The summed E-state index contributed by atoms with van der Waals surface area (Å²) in [6.45, 7) is 1.64. The van der Waals surface area contributed by atoms with Gasteiger partial charge in [-0.15, -0.1) is 11.8 Å². The van der Waals surface area contributed by atoms with Crippen LogP contribution >= 0.6 is 24.0 Å². The van der Waals surface area contributed by atoms with Crippen molar-refractivity contribution in [1.82, 2.24) is 0 Å². The highest BCUT2D eigenvalue weighted by atomic mass is 32.2. The lowest BCUT2D eigenvalue weighted by Crippen LogP contribution is -2.24. The summed E-state index contributed by atoms with van der Waals surface area (Å²) in [6, 6.07) is 21.6. The molecular weight excluding hydrogens is 455 g/mol. The number of hydrogen-bond donors (Lipinski definition) is 3. The molecular formula is C23H20F3N3OS2. The summed E-state index contributed by atoms with van der Waals surface area (Å²) in [7, 11) is 0. The first-order valence-electron chi connectivity index (χ1n) is 9.59. The lowest BCUT2D eigenvalue weighted by Gasteiger charge is -2.16. The van der Waals surface area contributed by atoms with Crippen LogP contribution < -0.4 is 16.0 Å². The second-order valence-electron chi connectivity index (χ2n) is 6.77. The Hall–Kier alpha value is -3.04. The Labute approximate surface area is 193 Å². The van der Waals surface area contributed by atoms with Crippen molar-refractivity contribution in [2.75, 3.05) is 16.0 Å². The molecule has 3 N–H and O–H groups in total. The molecule has 0 spiro atoms. The highest BCUT2D eigenvalue weighted by Gasteiger charge is 2.33. The molecule has 166 valence electrons. The van der Waals surface area contributed by atoms with Crippen molar-refractivity contribution in [2.45, 2.75) is 23.2 Å². The van der Waals surface area contributed by atoms with E-state index < -0.39 is 22.9 Å². The van der Waals surface area contributed by atoms with Crippen LogP contribution in [0.4, 0.5) is 30.2 Å². The molecule has 0 bridgehead atoms. The molecule has 0 saturated carbocycles. The number of benzene rings is 3. The van der Waals surface area contributed by atoms with E-state index in [4.69, 9.17) is 12.2 Å². The largest absolute Gasteiger partial charge is 0.418 e. The highest BCUT2D eigenvalue weighted by molar-refractivity contribution is 8.00. The Bertz CT molecular complexity index is 1090. The van der Waals surface area contributed by atoms with Gasteiger partial charge in [0, 0.05) is 16.3 Å². The topological polar surface area (TPSA) is 53.2 Å². The van der Waals surface area contributed by atoms with Gasteiger partial charge in [0.2, 0.25) is 5.91 Å². The number of nitrogens with one attached hydrogen (secondary N) is 3. The minimum atomic E-state index is -4.55. The van der Waals surface area contributed by atoms with Crippen LogP contribution in [-0.4, -0.2) is 16.3 Å². The number of alkyl halides is 3. The van der Waals surface area contributed by atoms with E-state index in [9.17, 15) is 18.0 Å².